The van der Waals surface area contributed by atoms with E-state index in [1.54, 1.807) is 85.7 Å². The summed E-state index contributed by atoms with van der Waals surface area (Å²) < 4.78 is 12.2. The third-order valence-electron chi connectivity index (χ3n) is 19.3. The van der Waals surface area contributed by atoms with Crippen LogP contribution in [0.1, 0.15) is 171 Å². The van der Waals surface area contributed by atoms with Gasteiger partial charge in [0.1, 0.15) is 77.4 Å². The minimum absolute atomic E-state index is 0.00836. The maximum Gasteiger partial charge on any atom is 0.340 e. The first kappa shape index (κ1) is 90.2. The number of carbonyl (C=O) groups is 12. The highest BCUT2D eigenvalue weighted by Gasteiger charge is 2.54. The van der Waals surface area contributed by atoms with Gasteiger partial charge in [-0.2, -0.15) is 0 Å². The molecule has 0 radical (unpaired) electrons. The number of nitrogens with zero attached hydrogens (tertiary/aromatic N) is 2. The zero-order valence-corrected chi connectivity index (χ0v) is 66.6. The van der Waals surface area contributed by atoms with Gasteiger partial charge in [0, 0.05) is 97.1 Å². The molecule has 5 aromatic rings. The summed E-state index contributed by atoms with van der Waals surface area (Å²) in [6.07, 6.45) is 5.88. The first-order valence-electron chi connectivity index (χ1n) is 38.4. The monoisotopic (exact) mass is 1620 g/mol. The molecule has 0 unspecified atom stereocenters. The van der Waals surface area contributed by atoms with Gasteiger partial charge in [0.05, 0.1) is 18.2 Å². The van der Waals surface area contributed by atoms with Crippen LogP contribution in [-0.2, 0) is 75.9 Å². The van der Waals surface area contributed by atoms with Gasteiger partial charge in [-0.15, -0.1) is 0 Å². The van der Waals surface area contributed by atoms with E-state index >= 15 is 0 Å². The quantitative estimate of drug-likeness (QED) is 0.00848. The van der Waals surface area contributed by atoms with Crippen molar-refractivity contribution in [2.24, 2.45) is 46.6 Å². The van der Waals surface area contributed by atoms with Crippen molar-refractivity contribution in [3.8, 4) is 23.0 Å². The molecule has 25 N–H and O–H groups in total. The number of fused-ring (bicyclic) bond motifs is 6. The molecule has 2 aromatic heterocycles. The number of thiocarbonyl (C=S) groups is 1. The molecule has 0 saturated heterocycles. The van der Waals surface area contributed by atoms with Crippen LogP contribution in [0.2, 0.25) is 0 Å². The van der Waals surface area contributed by atoms with Crippen LogP contribution >= 0.6 is 12.2 Å². The lowest BCUT2D eigenvalue weighted by molar-refractivity contribution is -0.136. The number of rotatable bonds is 45. The molecule has 0 fully saturated rings. The molecular formula is C77H109N21O16S. The van der Waals surface area contributed by atoms with Crippen molar-refractivity contribution in [2.45, 2.75) is 205 Å². The van der Waals surface area contributed by atoms with Crippen molar-refractivity contribution in [1.82, 2.24) is 78.4 Å². The maximum atomic E-state index is 14.9. The number of H-pyrrole nitrogens is 2. The third-order valence-corrected chi connectivity index (χ3v) is 19.5. The van der Waals surface area contributed by atoms with Gasteiger partial charge in [-0.3, -0.25) is 58.1 Å². The molecule has 0 aliphatic carbocycles. The number of ether oxygens (including phenoxy) is 2. The van der Waals surface area contributed by atoms with Crippen LogP contribution in [0.25, 0.3) is 0 Å². The fraction of sp³-hybridized carbons (Fsp3) is 0.506. The second-order valence-corrected chi connectivity index (χ2v) is 30.4. The highest BCUT2D eigenvalue weighted by Crippen LogP contribution is 2.57. The van der Waals surface area contributed by atoms with E-state index in [2.05, 4.69) is 83.7 Å². The summed E-state index contributed by atoms with van der Waals surface area (Å²) >= 11 is 5.60. The number of aromatic nitrogens is 4. The second-order valence-electron chi connectivity index (χ2n) is 30.0. The van der Waals surface area contributed by atoms with Crippen LogP contribution in [-0.4, -0.2) is 186 Å². The maximum absolute atomic E-state index is 14.9. The minimum Gasteiger partial charge on any atom is -0.508 e. The zero-order chi connectivity index (χ0) is 84.4. The van der Waals surface area contributed by atoms with E-state index in [9.17, 15) is 67.7 Å². The number of aromatic hydroxyl groups is 2. The summed E-state index contributed by atoms with van der Waals surface area (Å²) in [6, 6.07) is 1.69. The van der Waals surface area contributed by atoms with Crippen LogP contribution < -0.4 is 91.5 Å². The molecule has 0 bridgehead atoms. The fourth-order valence-corrected chi connectivity index (χ4v) is 13.5. The molecular weight excluding hydrogens is 1510 g/mol. The summed E-state index contributed by atoms with van der Waals surface area (Å²) in [5.74, 6) is -10.8. The Balaban J connectivity index is 1.03. The largest absolute Gasteiger partial charge is 0.508 e. The molecule has 2 aliphatic rings. The number of benzene rings is 3. The number of imidazole rings is 2. The lowest BCUT2D eigenvalue weighted by Crippen LogP contribution is -2.61. The van der Waals surface area contributed by atoms with Crippen molar-refractivity contribution in [3.63, 3.8) is 0 Å². The molecule has 2 aliphatic heterocycles. The van der Waals surface area contributed by atoms with E-state index < -0.39 is 137 Å². The van der Waals surface area contributed by atoms with E-state index in [0.717, 1.165) is 0 Å². The summed E-state index contributed by atoms with van der Waals surface area (Å²) in [6.45, 7) is 14.5. The molecule has 38 heteroatoms. The van der Waals surface area contributed by atoms with Gasteiger partial charge in [0.25, 0.3) is 0 Å². The molecule has 11 amide bonds. The predicted octanol–water partition coefficient (Wildman–Crippen LogP) is 0.965. The number of guanidine groups is 1. The summed E-state index contributed by atoms with van der Waals surface area (Å²) in [5, 5.41) is 61.7. The number of nitrogens with one attached hydrogen (secondary N) is 15. The van der Waals surface area contributed by atoms with Crippen molar-refractivity contribution in [3.05, 3.63) is 113 Å². The van der Waals surface area contributed by atoms with Gasteiger partial charge in [-0.1, -0.05) is 67.9 Å². The smallest absolute Gasteiger partial charge is 0.340 e. The Bertz CT molecular complexity index is 4220. The lowest BCUT2D eigenvalue weighted by atomic mass is 9.77. The van der Waals surface area contributed by atoms with E-state index in [1.165, 1.54) is 49.3 Å². The molecule has 3 aromatic carbocycles. The molecule has 115 heavy (non-hydrogen) atoms. The highest BCUT2D eigenvalue weighted by atomic mass is 32.1. The Morgan fingerprint density at radius 3 is 1.48 bits per heavy atom. The molecule has 624 valence electrons. The molecule has 37 nitrogen and oxygen atoms in total. The zero-order valence-electron chi connectivity index (χ0n) is 65.8. The Morgan fingerprint density at radius 2 is 1.00 bits per heavy atom. The number of hydrogen-bond acceptors (Lipinski definition) is 21. The first-order valence-corrected chi connectivity index (χ1v) is 38.8. The van der Waals surface area contributed by atoms with E-state index in [4.69, 9.17) is 50.0 Å². The van der Waals surface area contributed by atoms with Crippen molar-refractivity contribution < 1.29 is 77.2 Å². The molecule has 4 heterocycles. The fourth-order valence-electron chi connectivity index (χ4n) is 13.3. The van der Waals surface area contributed by atoms with Gasteiger partial charge in [0.2, 0.25) is 65.0 Å². The Labute approximate surface area is 671 Å². The van der Waals surface area contributed by atoms with Crippen molar-refractivity contribution in [2.75, 3.05) is 25.0 Å². The number of phenols is 2. The number of anilines is 1. The number of hydrogen-bond donors (Lipinski definition) is 21. The summed E-state index contributed by atoms with van der Waals surface area (Å²) in [5.41, 5.74) is 23.5. The second kappa shape index (κ2) is 42.8. The molecule has 10 atom stereocenters. The van der Waals surface area contributed by atoms with Gasteiger partial charge in [-0.25, -0.2) is 14.8 Å². The van der Waals surface area contributed by atoms with Gasteiger partial charge in [0.15, 0.2) is 16.7 Å². The third kappa shape index (κ3) is 26.3. The van der Waals surface area contributed by atoms with Crippen LogP contribution in [0.3, 0.4) is 0 Å². The molecule has 7 rings (SSSR count). The SMILES string of the molecule is CC[C@H](C)[C@H](NC(=O)[C@H](CCCCN)NC(=O)[C@H](Cc1cnc[nH]1)NC(=O)CCNC(=S)Nc1ccc2c(c1)C(=O)OC21c2ccc(O)cc2Oc2cc(O)ccc21)C(=O)N[C@@H](CC(C)C)C(=O)N[C@@H](Cc1cnc[nH]1)C(=O)N[C@@H](CCCNC(=N)N)C(=O)N[C@@H](CC(C)C)C(=O)N[C@@H](CC(C)C)C(=O)N[C@@H](CCC(N)=O)C(N)=O. The number of phenolic OH excluding ortho intramolecular Hbond substituents is 2. The summed E-state index contributed by atoms with van der Waals surface area (Å²) in [4.78, 5) is 182. The highest BCUT2D eigenvalue weighted by molar-refractivity contribution is 7.80. The van der Waals surface area contributed by atoms with Crippen LogP contribution in [0.5, 0.6) is 23.0 Å². The van der Waals surface area contributed by atoms with Gasteiger partial charge in [-0.05, 0) is 137 Å². The Morgan fingerprint density at radius 1 is 0.539 bits per heavy atom. The average Bonchev–Trinajstić information content (AvgIpc) is 1.57. The average molecular weight is 1620 g/mol. The normalized spacial score (nSPS) is 14.9. The number of primary amides is 2. The topological polar surface area (TPSA) is 593 Å². The molecule has 0 saturated carbocycles. The van der Waals surface area contributed by atoms with E-state index in [-0.39, 0.29) is 148 Å². The van der Waals surface area contributed by atoms with Gasteiger partial charge < -0.3 is 116 Å². The summed E-state index contributed by atoms with van der Waals surface area (Å²) in [7, 11) is 0. The van der Waals surface area contributed by atoms with E-state index in [0.29, 0.717) is 53.0 Å². The number of aromatic amines is 2. The van der Waals surface area contributed by atoms with Crippen molar-refractivity contribution in [1.29, 1.82) is 5.41 Å². The standard InChI is InChI=1S/C77H109N21O16S/c1-9-42(8)64(73(111)97-57(29-41(6)7)70(108)96-59(32-45-36-84-38-88-45)72(110)93-54(14-12-25-85-75(81)82)66(104)94-56(28-40(4)5)69(107)95-55(27-39(2)3)68(106)91-52(65(80)103)21-22-62(79)101)98-67(105)53(13-10-11-24-78)92-71(109)58(31-44-35-83-37-87-44)90-63(102)23-26-86-76(115)89-43-15-18-49-48(30-43)74(112)114-77(49)50-19-16-46(99)33-60(50)113-61-34-47(100)17-20-51(61)77/h15-20,30,33-42,52-59,64,99-100H,9-14,21-29,31-32,78H2,1-8H3,(H2,79,101)(H2,80,103)(H,83,87)(H,84,88)(H,90,102)(H,91,106)(H,92,109)(H,93,110)(H,94,104)(H,95,107)(H,96,108)(H,97,111)(H,98,105)(H4,81,82,85)(H2,86,89,115)/t42-,52-,53-,54-,55-,56-,57-,58-,59-,64-/m0/s1. The van der Waals surface area contributed by atoms with Crippen LogP contribution in [0, 0.1) is 29.1 Å². The first-order chi connectivity index (χ1) is 54.6. The predicted molar refractivity (Wildman–Crippen MR) is 426 cm³/mol. The number of nitrogens with two attached hydrogens (primary N) is 4. The number of esters is 1. The number of carbonyl (C=O) groups excluding carboxylic acids is 12. The van der Waals surface area contributed by atoms with Crippen LogP contribution in [0.4, 0.5) is 5.69 Å². The minimum atomic E-state index is -1.50. The van der Waals surface area contributed by atoms with Gasteiger partial charge >= 0.3 is 5.97 Å². The number of unbranched alkanes of at least 4 members (excludes halogenated alkanes) is 1. The Hall–Kier alpha value is -12.0. The Kier molecular flexibility index (Phi) is 33.6. The lowest BCUT2D eigenvalue weighted by Gasteiger charge is -2.36. The van der Waals surface area contributed by atoms with E-state index in [1.807, 2.05) is 0 Å². The van der Waals surface area contributed by atoms with Crippen LogP contribution in [0.15, 0.2) is 79.6 Å². The van der Waals surface area contributed by atoms with Crippen molar-refractivity contribution >= 4 is 99.9 Å². The molecule has 1 spiro atoms. The number of amides is 11.